The number of benzene rings is 1. The Balaban J connectivity index is 1.79. The van der Waals surface area contributed by atoms with Crippen molar-refractivity contribution < 1.29 is 13.2 Å². The normalized spacial score (nSPS) is 11.5. The fourth-order valence-corrected chi connectivity index (χ4v) is 2.98. The molecule has 1 N–H and O–H groups in total. The van der Waals surface area contributed by atoms with Crippen molar-refractivity contribution in [1.82, 2.24) is 14.9 Å². The highest BCUT2D eigenvalue weighted by molar-refractivity contribution is 7.90. The largest absolute Gasteiger partial charge is 0.348 e. The number of aromatic nitrogens is 2. The van der Waals surface area contributed by atoms with Gasteiger partial charge in [-0.25, -0.2) is 12.9 Å². The second kappa shape index (κ2) is 5.85. The molecule has 3 rings (SSSR count). The number of hydrogen-bond acceptors (Lipinski definition) is 4. The maximum atomic E-state index is 12.2. The second-order valence-electron chi connectivity index (χ2n) is 5.18. The third kappa shape index (κ3) is 3.24. The summed E-state index contributed by atoms with van der Waals surface area (Å²) in [5.74, 6) is -0.322. The van der Waals surface area contributed by atoms with Gasteiger partial charge in [-0.2, -0.15) is 5.10 Å². The summed E-state index contributed by atoms with van der Waals surface area (Å²) in [4.78, 5) is 12.4. The van der Waals surface area contributed by atoms with Crippen LogP contribution in [0.2, 0.25) is 0 Å². The minimum absolute atomic E-state index is 0.128. The van der Waals surface area contributed by atoms with Gasteiger partial charge in [0, 0.05) is 30.8 Å². The second-order valence-corrected chi connectivity index (χ2v) is 7.19. The van der Waals surface area contributed by atoms with Gasteiger partial charge in [0.25, 0.3) is 5.91 Å². The molecule has 3 aromatic rings. The van der Waals surface area contributed by atoms with E-state index in [0.717, 1.165) is 17.3 Å². The molecule has 0 saturated heterocycles. The summed E-state index contributed by atoms with van der Waals surface area (Å²) in [7, 11) is -3.34. The van der Waals surface area contributed by atoms with E-state index in [2.05, 4.69) is 10.4 Å². The molecule has 118 valence electrons. The van der Waals surface area contributed by atoms with E-state index in [1.165, 1.54) is 12.1 Å². The average molecular weight is 329 g/mol. The van der Waals surface area contributed by atoms with Crippen LogP contribution >= 0.6 is 0 Å². The Kier molecular flexibility index (Phi) is 3.87. The quantitative estimate of drug-likeness (QED) is 0.789. The Bertz CT molecular complexity index is 977. The van der Waals surface area contributed by atoms with Crippen molar-refractivity contribution in [2.75, 3.05) is 6.26 Å². The number of carbonyl (C=O) groups is 1. The van der Waals surface area contributed by atoms with E-state index in [1.54, 1.807) is 22.8 Å². The molecule has 2 aromatic heterocycles. The number of carbonyl (C=O) groups excluding carboxylic acids is 1. The van der Waals surface area contributed by atoms with Crippen LogP contribution in [0, 0.1) is 0 Å². The molecule has 1 amide bonds. The van der Waals surface area contributed by atoms with Gasteiger partial charge in [-0.05, 0) is 35.9 Å². The van der Waals surface area contributed by atoms with Crippen molar-refractivity contribution in [3.8, 4) is 0 Å². The Hall–Kier alpha value is -2.67. The monoisotopic (exact) mass is 329 g/mol. The molecule has 0 unspecified atom stereocenters. The number of pyridine rings is 1. The van der Waals surface area contributed by atoms with Crippen LogP contribution < -0.4 is 5.32 Å². The Labute approximate surface area is 133 Å². The predicted octanol–water partition coefficient (Wildman–Crippen LogP) is 1.67. The van der Waals surface area contributed by atoms with Gasteiger partial charge in [0.15, 0.2) is 9.84 Å². The van der Waals surface area contributed by atoms with Gasteiger partial charge < -0.3 is 5.32 Å². The van der Waals surface area contributed by atoms with Gasteiger partial charge in [-0.1, -0.05) is 12.1 Å². The van der Waals surface area contributed by atoms with Crippen molar-refractivity contribution in [3.05, 3.63) is 66.0 Å². The maximum absolute atomic E-state index is 12.2. The third-order valence-electron chi connectivity index (χ3n) is 3.49. The number of rotatable bonds is 4. The van der Waals surface area contributed by atoms with Crippen LogP contribution in [0.25, 0.3) is 5.52 Å². The maximum Gasteiger partial charge on any atom is 0.251 e. The minimum Gasteiger partial charge on any atom is -0.348 e. The lowest BCUT2D eigenvalue weighted by Gasteiger charge is -2.08. The van der Waals surface area contributed by atoms with Crippen LogP contribution in [0.15, 0.2) is 59.8 Å². The first-order valence-electron chi connectivity index (χ1n) is 6.95. The van der Waals surface area contributed by atoms with E-state index in [0.29, 0.717) is 12.1 Å². The van der Waals surface area contributed by atoms with Crippen molar-refractivity contribution >= 4 is 21.3 Å². The molecule has 0 aliphatic carbocycles. The van der Waals surface area contributed by atoms with E-state index < -0.39 is 9.84 Å². The lowest BCUT2D eigenvalue weighted by molar-refractivity contribution is 0.0951. The lowest BCUT2D eigenvalue weighted by atomic mass is 10.2. The molecular formula is C16H15N3O3S. The van der Waals surface area contributed by atoms with Crippen LogP contribution in [0.1, 0.15) is 15.9 Å². The van der Waals surface area contributed by atoms with Crippen molar-refractivity contribution in [2.24, 2.45) is 0 Å². The zero-order valence-corrected chi connectivity index (χ0v) is 13.2. The molecule has 1 aromatic carbocycles. The molecule has 0 bridgehead atoms. The fourth-order valence-electron chi connectivity index (χ4n) is 2.31. The van der Waals surface area contributed by atoms with Crippen LogP contribution in [0.5, 0.6) is 0 Å². The van der Waals surface area contributed by atoms with Gasteiger partial charge in [0.05, 0.1) is 10.4 Å². The molecule has 0 spiro atoms. The summed E-state index contributed by atoms with van der Waals surface area (Å²) in [5, 5.41) is 6.94. The SMILES string of the molecule is CS(=O)(=O)c1cccc(C(=O)NCc2cccn3nccc23)c1. The molecule has 0 saturated carbocycles. The van der Waals surface area contributed by atoms with Gasteiger partial charge in [0.2, 0.25) is 0 Å². The number of fused-ring (bicyclic) bond motifs is 1. The molecule has 0 atom stereocenters. The predicted molar refractivity (Wildman–Crippen MR) is 85.9 cm³/mol. The number of hydrogen-bond donors (Lipinski definition) is 1. The van der Waals surface area contributed by atoms with E-state index in [1.807, 2.05) is 24.4 Å². The van der Waals surface area contributed by atoms with Crippen molar-refractivity contribution in [1.29, 1.82) is 0 Å². The number of sulfone groups is 1. The first-order chi connectivity index (χ1) is 10.9. The minimum atomic E-state index is -3.34. The number of nitrogens with zero attached hydrogens (tertiary/aromatic N) is 2. The van der Waals surface area contributed by atoms with Gasteiger partial charge in [-0.3, -0.25) is 4.79 Å². The topological polar surface area (TPSA) is 80.5 Å². The standard InChI is InChI=1S/C16H15N3O3S/c1-23(21,22)14-6-2-4-12(10-14)16(20)17-11-13-5-3-9-19-15(13)7-8-18-19/h2-10H,11H2,1H3,(H,17,20). The summed E-state index contributed by atoms with van der Waals surface area (Å²) < 4.78 is 24.9. The zero-order chi connectivity index (χ0) is 16.4. The molecule has 0 aliphatic heterocycles. The lowest BCUT2D eigenvalue weighted by Crippen LogP contribution is -2.23. The summed E-state index contributed by atoms with van der Waals surface area (Å²) >= 11 is 0. The summed E-state index contributed by atoms with van der Waals surface area (Å²) in [5.41, 5.74) is 2.16. The molecular weight excluding hydrogens is 314 g/mol. The van der Waals surface area contributed by atoms with Gasteiger partial charge in [0.1, 0.15) is 0 Å². The number of amides is 1. The first-order valence-corrected chi connectivity index (χ1v) is 8.84. The Morgan fingerprint density at radius 3 is 2.83 bits per heavy atom. The highest BCUT2D eigenvalue weighted by atomic mass is 32.2. The highest BCUT2D eigenvalue weighted by Crippen LogP contribution is 2.13. The zero-order valence-electron chi connectivity index (χ0n) is 12.4. The molecule has 23 heavy (non-hydrogen) atoms. The summed E-state index contributed by atoms with van der Waals surface area (Å²) in [6.45, 7) is 0.331. The number of nitrogens with one attached hydrogen (secondary N) is 1. The summed E-state index contributed by atoms with van der Waals surface area (Å²) in [6, 6.07) is 11.6. The molecule has 7 heteroatoms. The average Bonchev–Trinajstić information content (AvgIpc) is 3.01. The van der Waals surface area contributed by atoms with Gasteiger partial charge in [-0.15, -0.1) is 0 Å². The Morgan fingerprint density at radius 1 is 1.22 bits per heavy atom. The third-order valence-corrected chi connectivity index (χ3v) is 4.60. The molecule has 6 nitrogen and oxygen atoms in total. The molecule has 0 aliphatic rings. The van der Waals surface area contributed by atoms with Crippen LogP contribution in [-0.2, 0) is 16.4 Å². The molecule has 2 heterocycles. The van der Waals surface area contributed by atoms with Crippen LogP contribution in [0.4, 0.5) is 0 Å². The first kappa shape index (κ1) is 15.2. The summed E-state index contributed by atoms with van der Waals surface area (Å²) in [6.07, 6.45) is 4.64. The van der Waals surface area contributed by atoms with E-state index in [-0.39, 0.29) is 10.8 Å². The van der Waals surface area contributed by atoms with Crippen LogP contribution in [-0.4, -0.2) is 30.2 Å². The van der Waals surface area contributed by atoms with Gasteiger partial charge >= 0.3 is 0 Å². The van der Waals surface area contributed by atoms with E-state index >= 15 is 0 Å². The van der Waals surface area contributed by atoms with Crippen molar-refractivity contribution in [3.63, 3.8) is 0 Å². The highest BCUT2D eigenvalue weighted by Gasteiger charge is 2.12. The van der Waals surface area contributed by atoms with Crippen molar-refractivity contribution in [2.45, 2.75) is 11.4 Å². The molecule has 0 radical (unpaired) electrons. The molecule has 0 fully saturated rings. The fraction of sp³-hybridized carbons (Fsp3) is 0.125. The van der Waals surface area contributed by atoms with Crippen LogP contribution in [0.3, 0.4) is 0 Å². The van der Waals surface area contributed by atoms with E-state index in [9.17, 15) is 13.2 Å². The Morgan fingerprint density at radius 2 is 2.04 bits per heavy atom. The smallest absolute Gasteiger partial charge is 0.251 e. The van der Waals surface area contributed by atoms with E-state index in [4.69, 9.17) is 0 Å².